The molecule has 0 unspecified atom stereocenters. The van der Waals surface area contributed by atoms with Crippen LogP contribution in [0, 0.1) is 0 Å². The number of hydrogen-bond acceptors (Lipinski definition) is 7. The van der Waals surface area contributed by atoms with Gasteiger partial charge < -0.3 is 5.73 Å². The van der Waals surface area contributed by atoms with E-state index in [4.69, 9.17) is 5.73 Å². The molecule has 1 aromatic carbocycles. The van der Waals surface area contributed by atoms with Gasteiger partial charge in [-0.25, -0.2) is 16.8 Å². The number of carbonyl (C=O) groups excluding carboxylic acids is 1. The molecular formula is C11H12N4O5S2. The molecular weight excluding hydrogens is 332 g/mol. The summed E-state index contributed by atoms with van der Waals surface area (Å²) in [5.74, 6) is -0.893. The van der Waals surface area contributed by atoms with Crippen molar-refractivity contribution < 1.29 is 21.6 Å². The Hall–Kier alpha value is -2.27. The fourth-order valence-electron chi connectivity index (χ4n) is 1.83. The van der Waals surface area contributed by atoms with Crippen LogP contribution in [0.5, 0.6) is 0 Å². The highest BCUT2D eigenvalue weighted by atomic mass is 32.2. The smallest absolute Gasteiger partial charge is 0.271 e. The number of nitrogens with one attached hydrogen (secondary N) is 1. The maximum Gasteiger partial charge on any atom is 0.271 e. The van der Waals surface area contributed by atoms with Gasteiger partial charge >= 0.3 is 0 Å². The highest BCUT2D eigenvalue weighted by Gasteiger charge is 2.24. The first-order valence-corrected chi connectivity index (χ1v) is 9.55. The number of primary amides is 1. The molecule has 9 nitrogen and oxygen atoms in total. The van der Waals surface area contributed by atoms with Crippen LogP contribution < -0.4 is 5.73 Å². The van der Waals surface area contributed by atoms with E-state index in [9.17, 15) is 21.6 Å². The molecule has 22 heavy (non-hydrogen) atoms. The topological polar surface area (TPSA) is 153 Å². The summed E-state index contributed by atoms with van der Waals surface area (Å²) < 4.78 is 47.0. The van der Waals surface area contributed by atoms with Gasteiger partial charge in [0, 0.05) is 18.1 Å². The van der Waals surface area contributed by atoms with E-state index in [2.05, 4.69) is 15.4 Å². The van der Waals surface area contributed by atoms with Crippen molar-refractivity contribution in [1.29, 1.82) is 0 Å². The first-order valence-electron chi connectivity index (χ1n) is 5.77. The molecule has 0 bridgehead atoms. The Bertz CT molecular complexity index is 960. The van der Waals surface area contributed by atoms with Gasteiger partial charge in [-0.1, -0.05) is 6.07 Å². The molecule has 3 N–H and O–H groups in total. The second kappa shape index (κ2) is 5.18. The van der Waals surface area contributed by atoms with Crippen molar-refractivity contribution in [1.82, 2.24) is 15.4 Å². The number of nitrogens with two attached hydrogens (primary N) is 1. The highest BCUT2D eigenvalue weighted by molar-refractivity contribution is 7.91. The normalized spacial score (nSPS) is 12.3. The number of hydrogen-bond donors (Lipinski definition) is 2. The SMILES string of the molecule is CS(=O)(=O)c1ccc(-c2n[nH]nc2C(N)=O)c(S(C)(=O)=O)c1. The Balaban J connectivity index is 2.83. The molecule has 0 radical (unpaired) electrons. The molecule has 1 amide bonds. The molecule has 0 aliphatic rings. The quantitative estimate of drug-likeness (QED) is 0.749. The lowest BCUT2D eigenvalue weighted by Crippen LogP contribution is -2.13. The summed E-state index contributed by atoms with van der Waals surface area (Å²) in [7, 11) is -7.38. The summed E-state index contributed by atoms with van der Waals surface area (Å²) in [6.45, 7) is 0. The number of aromatic amines is 1. The third-order valence-corrected chi connectivity index (χ3v) is 5.06. The molecule has 0 spiro atoms. The molecule has 2 rings (SSSR count). The van der Waals surface area contributed by atoms with E-state index in [-0.39, 0.29) is 26.7 Å². The zero-order chi connectivity index (χ0) is 16.7. The van der Waals surface area contributed by atoms with Crippen LogP contribution in [0.4, 0.5) is 0 Å². The minimum atomic E-state index is -3.78. The van der Waals surface area contributed by atoms with Crippen molar-refractivity contribution in [2.24, 2.45) is 5.73 Å². The number of H-pyrrole nitrogens is 1. The van der Waals surface area contributed by atoms with Gasteiger partial charge in [0.2, 0.25) is 0 Å². The minimum Gasteiger partial charge on any atom is -0.364 e. The lowest BCUT2D eigenvalue weighted by atomic mass is 10.1. The lowest BCUT2D eigenvalue weighted by Gasteiger charge is -2.08. The second-order valence-electron chi connectivity index (χ2n) is 4.59. The summed E-state index contributed by atoms with van der Waals surface area (Å²) in [5, 5.41) is 9.47. The Morgan fingerprint density at radius 1 is 1.09 bits per heavy atom. The second-order valence-corrected chi connectivity index (χ2v) is 8.59. The maximum absolute atomic E-state index is 11.9. The Morgan fingerprint density at radius 2 is 1.73 bits per heavy atom. The van der Waals surface area contributed by atoms with Crippen molar-refractivity contribution in [2.75, 3.05) is 12.5 Å². The number of amides is 1. The van der Waals surface area contributed by atoms with Gasteiger partial charge in [-0.05, 0) is 12.1 Å². The van der Waals surface area contributed by atoms with Crippen molar-refractivity contribution in [3.63, 3.8) is 0 Å². The molecule has 0 saturated heterocycles. The number of rotatable bonds is 4. The largest absolute Gasteiger partial charge is 0.364 e. The van der Waals surface area contributed by atoms with Gasteiger partial charge in [-0.2, -0.15) is 15.4 Å². The molecule has 0 aliphatic heterocycles. The minimum absolute atomic E-state index is 0.0393. The van der Waals surface area contributed by atoms with E-state index < -0.39 is 25.6 Å². The number of aromatic nitrogens is 3. The van der Waals surface area contributed by atoms with Crippen LogP contribution in [-0.4, -0.2) is 50.7 Å². The van der Waals surface area contributed by atoms with Crippen molar-refractivity contribution in [2.45, 2.75) is 9.79 Å². The van der Waals surface area contributed by atoms with Gasteiger partial charge in [0.05, 0.1) is 9.79 Å². The fraction of sp³-hybridized carbons (Fsp3) is 0.182. The van der Waals surface area contributed by atoms with Gasteiger partial charge in [0.25, 0.3) is 5.91 Å². The average molecular weight is 344 g/mol. The zero-order valence-electron chi connectivity index (χ0n) is 11.6. The number of sulfone groups is 2. The Kier molecular flexibility index (Phi) is 3.79. The van der Waals surface area contributed by atoms with Crippen molar-refractivity contribution in [3.8, 4) is 11.3 Å². The van der Waals surface area contributed by atoms with Crippen LogP contribution >= 0.6 is 0 Å². The van der Waals surface area contributed by atoms with E-state index in [1.165, 1.54) is 12.1 Å². The summed E-state index contributed by atoms with van der Waals surface area (Å²) in [4.78, 5) is 10.8. The molecule has 2 aromatic rings. The van der Waals surface area contributed by atoms with Crippen LogP contribution in [0.1, 0.15) is 10.5 Å². The fourth-order valence-corrected chi connectivity index (χ4v) is 3.45. The van der Waals surface area contributed by atoms with Gasteiger partial charge in [0.1, 0.15) is 5.69 Å². The van der Waals surface area contributed by atoms with E-state index in [1.54, 1.807) is 0 Å². The lowest BCUT2D eigenvalue weighted by molar-refractivity contribution is 0.0996. The Labute approximate surface area is 126 Å². The maximum atomic E-state index is 11.9. The third-order valence-electron chi connectivity index (χ3n) is 2.82. The van der Waals surface area contributed by atoms with Crippen LogP contribution in [0.25, 0.3) is 11.3 Å². The molecule has 0 aliphatic carbocycles. The predicted molar refractivity (Wildman–Crippen MR) is 76.6 cm³/mol. The monoisotopic (exact) mass is 344 g/mol. The van der Waals surface area contributed by atoms with E-state index in [1.807, 2.05) is 0 Å². The predicted octanol–water partition coefficient (Wildman–Crippen LogP) is -0.622. The van der Waals surface area contributed by atoms with Crippen LogP contribution in [-0.2, 0) is 19.7 Å². The molecule has 118 valence electrons. The molecule has 1 heterocycles. The third kappa shape index (κ3) is 2.99. The first-order chi connectivity index (χ1) is 10.0. The van der Waals surface area contributed by atoms with Gasteiger partial charge in [-0.15, -0.1) is 0 Å². The standard InChI is InChI=1S/C11H12N4O5S2/c1-21(17,18)6-3-4-7(8(5-6)22(2,19)20)9-10(11(12)16)14-15-13-9/h3-5H,1-2H3,(H2,12,16)(H,13,14,15). The highest BCUT2D eigenvalue weighted by Crippen LogP contribution is 2.29. The molecule has 1 aromatic heterocycles. The van der Waals surface area contributed by atoms with E-state index in [0.29, 0.717) is 0 Å². The number of nitrogens with zero attached hydrogens (tertiary/aromatic N) is 2. The Morgan fingerprint density at radius 3 is 2.23 bits per heavy atom. The van der Waals surface area contributed by atoms with Crippen LogP contribution in [0.3, 0.4) is 0 Å². The average Bonchev–Trinajstić information content (AvgIpc) is 2.85. The van der Waals surface area contributed by atoms with Gasteiger partial charge in [0.15, 0.2) is 25.4 Å². The number of benzene rings is 1. The van der Waals surface area contributed by atoms with Crippen LogP contribution in [0.2, 0.25) is 0 Å². The summed E-state index contributed by atoms with van der Waals surface area (Å²) in [6.07, 6.45) is 1.88. The number of carbonyl (C=O) groups is 1. The molecule has 11 heteroatoms. The van der Waals surface area contributed by atoms with Crippen molar-refractivity contribution >= 4 is 25.6 Å². The van der Waals surface area contributed by atoms with Gasteiger partial charge in [-0.3, -0.25) is 4.79 Å². The zero-order valence-corrected chi connectivity index (χ0v) is 13.2. The molecule has 0 fully saturated rings. The van der Waals surface area contributed by atoms with E-state index in [0.717, 1.165) is 18.6 Å². The summed E-state index contributed by atoms with van der Waals surface area (Å²) in [6, 6.07) is 3.48. The first kappa shape index (κ1) is 16.1. The summed E-state index contributed by atoms with van der Waals surface area (Å²) in [5.41, 5.74) is 4.89. The molecule has 0 saturated carbocycles. The van der Waals surface area contributed by atoms with E-state index >= 15 is 0 Å². The van der Waals surface area contributed by atoms with Crippen LogP contribution in [0.15, 0.2) is 28.0 Å². The summed E-state index contributed by atoms with van der Waals surface area (Å²) >= 11 is 0. The van der Waals surface area contributed by atoms with Crippen molar-refractivity contribution in [3.05, 3.63) is 23.9 Å². The molecule has 0 atom stereocenters.